The molecule has 0 aromatic carbocycles. The predicted molar refractivity (Wildman–Crippen MR) is 68.9 cm³/mol. The molecule has 0 saturated heterocycles. The summed E-state index contributed by atoms with van der Waals surface area (Å²) in [5, 5.41) is 11.7. The zero-order valence-corrected chi connectivity index (χ0v) is 11.5. The number of amidine groups is 1. The first kappa shape index (κ1) is 15.7. The van der Waals surface area contributed by atoms with E-state index in [9.17, 15) is 4.79 Å². The number of oxime groups is 1. The highest BCUT2D eigenvalue weighted by Gasteiger charge is 2.38. The average molecular weight is 243 g/mol. The molecule has 2 atom stereocenters. The Morgan fingerprint density at radius 2 is 2.06 bits per heavy atom. The molecule has 17 heavy (non-hydrogen) atoms. The van der Waals surface area contributed by atoms with Gasteiger partial charge in [-0.2, -0.15) is 0 Å². The fraction of sp³-hybridized carbons (Fsp3) is 0.833. The van der Waals surface area contributed by atoms with Crippen LogP contribution in [-0.2, 0) is 4.79 Å². The molecule has 0 radical (unpaired) electrons. The van der Waals surface area contributed by atoms with Crippen molar-refractivity contribution in [2.75, 3.05) is 13.6 Å². The smallest absolute Gasteiger partial charge is 0.235 e. The molecule has 0 aliphatic heterocycles. The SMILES string of the molecule is CCC(C)CN(C)C(=O)C(C)(CC)C(N)=NO. The molecule has 0 aromatic rings. The van der Waals surface area contributed by atoms with E-state index in [-0.39, 0.29) is 11.7 Å². The van der Waals surface area contributed by atoms with Gasteiger partial charge in [-0.1, -0.05) is 32.3 Å². The lowest BCUT2D eigenvalue weighted by Crippen LogP contribution is -2.49. The van der Waals surface area contributed by atoms with Crippen LogP contribution in [0.5, 0.6) is 0 Å². The second-order valence-corrected chi connectivity index (χ2v) is 4.87. The van der Waals surface area contributed by atoms with Crippen LogP contribution < -0.4 is 5.73 Å². The summed E-state index contributed by atoms with van der Waals surface area (Å²) in [7, 11) is 1.76. The maximum atomic E-state index is 12.3. The molecule has 0 saturated carbocycles. The molecule has 5 nitrogen and oxygen atoms in total. The predicted octanol–water partition coefficient (Wildman–Crippen LogP) is 1.65. The lowest BCUT2D eigenvalue weighted by Gasteiger charge is -2.31. The van der Waals surface area contributed by atoms with E-state index in [1.165, 1.54) is 0 Å². The summed E-state index contributed by atoms with van der Waals surface area (Å²) >= 11 is 0. The molecular weight excluding hydrogens is 218 g/mol. The van der Waals surface area contributed by atoms with Crippen molar-refractivity contribution in [1.82, 2.24) is 4.90 Å². The second-order valence-electron chi connectivity index (χ2n) is 4.87. The van der Waals surface area contributed by atoms with Gasteiger partial charge in [-0.3, -0.25) is 4.79 Å². The van der Waals surface area contributed by atoms with Crippen molar-refractivity contribution in [3.63, 3.8) is 0 Å². The molecule has 0 aromatic heterocycles. The van der Waals surface area contributed by atoms with Crippen LogP contribution in [-0.4, -0.2) is 35.4 Å². The van der Waals surface area contributed by atoms with E-state index < -0.39 is 5.41 Å². The van der Waals surface area contributed by atoms with Crippen molar-refractivity contribution in [2.45, 2.75) is 40.5 Å². The Balaban J connectivity index is 4.87. The maximum absolute atomic E-state index is 12.3. The van der Waals surface area contributed by atoms with Crippen molar-refractivity contribution in [2.24, 2.45) is 22.2 Å². The highest BCUT2D eigenvalue weighted by Crippen LogP contribution is 2.24. The van der Waals surface area contributed by atoms with Crippen LogP contribution in [0.15, 0.2) is 5.16 Å². The minimum atomic E-state index is -0.920. The number of nitrogens with zero attached hydrogens (tertiary/aromatic N) is 2. The molecular formula is C12H25N3O2. The van der Waals surface area contributed by atoms with Gasteiger partial charge in [-0.25, -0.2) is 0 Å². The third-order valence-electron chi connectivity index (χ3n) is 3.48. The zero-order valence-electron chi connectivity index (χ0n) is 11.5. The summed E-state index contributed by atoms with van der Waals surface area (Å²) in [4.78, 5) is 14.0. The van der Waals surface area contributed by atoms with Crippen LogP contribution in [0.4, 0.5) is 0 Å². The number of carbonyl (C=O) groups is 1. The van der Waals surface area contributed by atoms with Crippen LogP contribution in [0.1, 0.15) is 40.5 Å². The summed E-state index contributed by atoms with van der Waals surface area (Å²) in [6.07, 6.45) is 1.52. The number of hydrogen-bond donors (Lipinski definition) is 2. The monoisotopic (exact) mass is 243 g/mol. The highest BCUT2D eigenvalue weighted by molar-refractivity contribution is 6.06. The summed E-state index contributed by atoms with van der Waals surface area (Å²) in [5.41, 5.74) is 4.70. The molecule has 0 aliphatic rings. The van der Waals surface area contributed by atoms with Gasteiger partial charge in [0.05, 0.1) is 0 Å². The Labute approximate surface area is 104 Å². The zero-order chi connectivity index (χ0) is 13.6. The quantitative estimate of drug-likeness (QED) is 0.322. The Bertz CT molecular complexity index is 291. The second kappa shape index (κ2) is 6.47. The Morgan fingerprint density at radius 1 is 1.53 bits per heavy atom. The minimum absolute atomic E-state index is 0.0269. The molecule has 0 fully saturated rings. The van der Waals surface area contributed by atoms with Gasteiger partial charge in [0.25, 0.3) is 0 Å². The first-order valence-electron chi connectivity index (χ1n) is 6.07. The topological polar surface area (TPSA) is 78.9 Å². The van der Waals surface area contributed by atoms with Gasteiger partial charge in [0.2, 0.25) is 5.91 Å². The van der Waals surface area contributed by atoms with Gasteiger partial charge in [-0.15, -0.1) is 0 Å². The van der Waals surface area contributed by atoms with Crippen LogP contribution in [0.2, 0.25) is 0 Å². The number of hydrogen-bond acceptors (Lipinski definition) is 3. The molecule has 2 unspecified atom stereocenters. The van der Waals surface area contributed by atoms with Crippen molar-refractivity contribution < 1.29 is 10.0 Å². The lowest BCUT2D eigenvalue weighted by atomic mass is 9.84. The number of nitrogens with two attached hydrogens (primary N) is 1. The van der Waals surface area contributed by atoms with Crippen LogP contribution >= 0.6 is 0 Å². The fourth-order valence-electron chi connectivity index (χ4n) is 1.65. The standard InChI is InChI=1S/C12H25N3O2/c1-6-9(3)8-15(5)11(16)12(4,7-2)10(13)14-17/h9,17H,6-8H2,1-5H3,(H2,13,14). The number of carbonyl (C=O) groups excluding carboxylic acids is 1. The first-order chi connectivity index (χ1) is 7.83. The molecule has 0 aliphatic carbocycles. The van der Waals surface area contributed by atoms with Gasteiger partial charge in [0.1, 0.15) is 5.41 Å². The summed E-state index contributed by atoms with van der Waals surface area (Å²) in [5.74, 6) is 0.314. The van der Waals surface area contributed by atoms with Crippen molar-refractivity contribution in [3.8, 4) is 0 Å². The Morgan fingerprint density at radius 3 is 2.41 bits per heavy atom. The summed E-state index contributed by atoms with van der Waals surface area (Å²) < 4.78 is 0. The Kier molecular flexibility index (Phi) is 5.99. The fourth-order valence-corrected chi connectivity index (χ4v) is 1.65. The molecule has 5 heteroatoms. The van der Waals surface area contributed by atoms with E-state index in [0.717, 1.165) is 6.42 Å². The average Bonchev–Trinajstić information content (AvgIpc) is 2.35. The molecule has 0 heterocycles. The van der Waals surface area contributed by atoms with Crippen LogP contribution in [0.3, 0.4) is 0 Å². The Hall–Kier alpha value is -1.26. The van der Waals surface area contributed by atoms with E-state index in [2.05, 4.69) is 19.0 Å². The third kappa shape index (κ3) is 3.61. The van der Waals surface area contributed by atoms with E-state index in [0.29, 0.717) is 18.9 Å². The van der Waals surface area contributed by atoms with Crippen molar-refractivity contribution >= 4 is 11.7 Å². The van der Waals surface area contributed by atoms with Crippen molar-refractivity contribution in [1.29, 1.82) is 0 Å². The lowest BCUT2D eigenvalue weighted by molar-refractivity contribution is -0.137. The summed E-state index contributed by atoms with van der Waals surface area (Å²) in [6, 6.07) is 0. The van der Waals surface area contributed by atoms with E-state index >= 15 is 0 Å². The molecule has 100 valence electrons. The molecule has 3 N–H and O–H groups in total. The molecule has 0 spiro atoms. The van der Waals surface area contributed by atoms with Gasteiger partial charge in [0.15, 0.2) is 5.84 Å². The maximum Gasteiger partial charge on any atom is 0.235 e. The van der Waals surface area contributed by atoms with Crippen LogP contribution in [0, 0.1) is 11.3 Å². The normalized spacial score (nSPS) is 17.4. The minimum Gasteiger partial charge on any atom is -0.409 e. The first-order valence-corrected chi connectivity index (χ1v) is 6.07. The van der Waals surface area contributed by atoms with Crippen molar-refractivity contribution in [3.05, 3.63) is 0 Å². The van der Waals surface area contributed by atoms with E-state index in [4.69, 9.17) is 10.9 Å². The molecule has 0 bridgehead atoms. The van der Waals surface area contributed by atoms with Gasteiger partial charge in [0, 0.05) is 13.6 Å². The third-order valence-corrected chi connectivity index (χ3v) is 3.48. The number of rotatable bonds is 6. The van der Waals surface area contributed by atoms with Gasteiger partial charge in [-0.05, 0) is 19.3 Å². The van der Waals surface area contributed by atoms with Crippen LogP contribution in [0.25, 0.3) is 0 Å². The molecule has 0 rings (SSSR count). The summed E-state index contributed by atoms with van der Waals surface area (Å²) in [6.45, 7) is 8.43. The molecule has 1 amide bonds. The largest absolute Gasteiger partial charge is 0.409 e. The highest BCUT2D eigenvalue weighted by atomic mass is 16.4. The van der Waals surface area contributed by atoms with Gasteiger partial charge < -0.3 is 15.8 Å². The van der Waals surface area contributed by atoms with Gasteiger partial charge >= 0.3 is 0 Å². The van der Waals surface area contributed by atoms with E-state index in [1.54, 1.807) is 18.9 Å². The number of amides is 1. The van der Waals surface area contributed by atoms with E-state index in [1.807, 2.05) is 6.92 Å².